The second-order valence-corrected chi connectivity index (χ2v) is 4.36. The Morgan fingerprint density at radius 1 is 1.37 bits per heavy atom. The fourth-order valence-electron chi connectivity index (χ4n) is 1.63. The summed E-state index contributed by atoms with van der Waals surface area (Å²) >= 11 is 0. The van der Waals surface area contributed by atoms with Crippen molar-refractivity contribution in [2.24, 2.45) is 0 Å². The summed E-state index contributed by atoms with van der Waals surface area (Å²) in [6.07, 6.45) is 3.63. The molecule has 1 rings (SSSR count). The van der Waals surface area contributed by atoms with Gasteiger partial charge in [0.15, 0.2) is 0 Å². The minimum Gasteiger partial charge on any atom is -0.480 e. The molecule has 19 heavy (non-hydrogen) atoms. The van der Waals surface area contributed by atoms with Gasteiger partial charge in [0.05, 0.1) is 0 Å². The SMILES string of the molecule is CCCCC(NC(=O)c1n[nH]c(CCC)n1)C(=O)O. The predicted octanol–water partition coefficient (Wildman–Crippen LogP) is 1.13. The van der Waals surface area contributed by atoms with Crippen molar-refractivity contribution in [1.29, 1.82) is 0 Å². The average molecular weight is 268 g/mol. The standard InChI is InChI=1S/C12H20N4O3/c1-3-5-7-8(12(18)19)13-11(17)10-14-9(6-4-2)15-16-10/h8H,3-7H2,1-2H3,(H,13,17)(H,18,19)(H,14,15,16). The first-order valence-electron chi connectivity index (χ1n) is 6.53. The highest BCUT2D eigenvalue weighted by Gasteiger charge is 2.22. The molecule has 1 aromatic rings. The molecule has 1 unspecified atom stereocenters. The summed E-state index contributed by atoms with van der Waals surface area (Å²) in [5, 5.41) is 17.9. The molecule has 1 amide bonds. The van der Waals surface area contributed by atoms with Gasteiger partial charge in [0.25, 0.3) is 5.91 Å². The van der Waals surface area contributed by atoms with E-state index in [1.165, 1.54) is 0 Å². The van der Waals surface area contributed by atoms with Crippen LogP contribution in [0.1, 0.15) is 56.0 Å². The monoisotopic (exact) mass is 268 g/mol. The lowest BCUT2D eigenvalue weighted by atomic mass is 10.1. The summed E-state index contributed by atoms with van der Waals surface area (Å²) in [4.78, 5) is 26.9. The summed E-state index contributed by atoms with van der Waals surface area (Å²) in [6.45, 7) is 3.96. The van der Waals surface area contributed by atoms with E-state index in [-0.39, 0.29) is 5.82 Å². The largest absolute Gasteiger partial charge is 0.480 e. The molecule has 0 radical (unpaired) electrons. The number of carboxylic acids is 1. The Morgan fingerprint density at radius 2 is 2.11 bits per heavy atom. The number of carbonyl (C=O) groups excluding carboxylic acids is 1. The fourth-order valence-corrected chi connectivity index (χ4v) is 1.63. The first-order chi connectivity index (χ1) is 9.08. The third kappa shape index (κ3) is 4.69. The van der Waals surface area contributed by atoms with Gasteiger partial charge in [-0.15, -0.1) is 5.10 Å². The highest BCUT2D eigenvalue weighted by atomic mass is 16.4. The molecule has 1 heterocycles. The lowest BCUT2D eigenvalue weighted by Gasteiger charge is -2.12. The van der Waals surface area contributed by atoms with Crippen molar-refractivity contribution in [1.82, 2.24) is 20.5 Å². The van der Waals surface area contributed by atoms with Crippen LogP contribution in [0.5, 0.6) is 0 Å². The summed E-state index contributed by atoms with van der Waals surface area (Å²) in [5.41, 5.74) is 0. The van der Waals surface area contributed by atoms with Gasteiger partial charge >= 0.3 is 5.97 Å². The molecule has 0 spiro atoms. The number of hydrogen-bond acceptors (Lipinski definition) is 4. The molecule has 1 aromatic heterocycles. The van der Waals surface area contributed by atoms with E-state index < -0.39 is 17.9 Å². The second kappa shape index (κ2) is 7.50. The highest BCUT2D eigenvalue weighted by molar-refractivity contribution is 5.93. The molecular formula is C12H20N4O3. The van der Waals surface area contributed by atoms with Gasteiger partial charge in [-0.3, -0.25) is 9.89 Å². The number of amides is 1. The number of aromatic nitrogens is 3. The van der Waals surface area contributed by atoms with Gasteiger partial charge in [0.2, 0.25) is 5.82 Å². The van der Waals surface area contributed by atoms with Gasteiger partial charge in [0, 0.05) is 6.42 Å². The van der Waals surface area contributed by atoms with Crippen LogP contribution >= 0.6 is 0 Å². The van der Waals surface area contributed by atoms with Gasteiger partial charge in [-0.2, -0.15) is 0 Å². The molecule has 0 saturated heterocycles. The van der Waals surface area contributed by atoms with Crippen molar-refractivity contribution in [3.63, 3.8) is 0 Å². The van der Waals surface area contributed by atoms with Gasteiger partial charge in [0.1, 0.15) is 11.9 Å². The Bertz CT molecular complexity index is 430. The lowest BCUT2D eigenvalue weighted by Crippen LogP contribution is -2.41. The minimum atomic E-state index is -1.04. The molecule has 0 saturated carbocycles. The Hall–Kier alpha value is -1.92. The zero-order valence-corrected chi connectivity index (χ0v) is 11.3. The highest BCUT2D eigenvalue weighted by Crippen LogP contribution is 2.03. The van der Waals surface area contributed by atoms with Crippen LogP contribution in [0.25, 0.3) is 0 Å². The predicted molar refractivity (Wildman–Crippen MR) is 68.8 cm³/mol. The second-order valence-electron chi connectivity index (χ2n) is 4.36. The third-order valence-corrected chi connectivity index (χ3v) is 2.67. The summed E-state index contributed by atoms with van der Waals surface area (Å²) in [6, 6.07) is -0.888. The maximum atomic E-state index is 11.8. The van der Waals surface area contributed by atoms with Crippen LogP contribution in [0, 0.1) is 0 Å². The molecule has 1 atom stereocenters. The first kappa shape index (κ1) is 15.1. The van der Waals surface area contributed by atoms with E-state index in [0.717, 1.165) is 19.3 Å². The Labute approximate surface area is 111 Å². The van der Waals surface area contributed by atoms with Gasteiger partial charge in [-0.05, 0) is 12.8 Å². The van der Waals surface area contributed by atoms with E-state index in [1.54, 1.807) is 0 Å². The van der Waals surface area contributed by atoms with Crippen LogP contribution in [-0.4, -0.2) is 38.2 Å². The maximum absolute atomic E-state index is 11.8. The number of hydrogen-bond donors (Lipinski definition) is 3. The number of H-pyrrole nitrogens is 1. The number of nitrogens with zero attached hydrogens (tertiary/aromatic N) is 2. The smallest absolute Gasteiger partial charge is 0.326 e. The van der Waals surface area contributed by atoms with Crippen LogP contribution in [0.3, 0.4) is 0 Å². The van der Waals surface area contributed by atoms with Crippen molar-refractivity contribution < 1.29 is 14.7 Å². The fraction of sp³-hybridized carbons (Fsp3) is 0.667. The number of rotatable bonds is 8. The molecule has 106 valence electrons. The van der Waals surface area contributed by atoms with E-state index in [4.69, 9.17) is 5.11 Å². The van der Waals surface area contributed by atoms with E-state index in [9.17, 15) is 9.59 Å². The van der Waals surface area contributed by atoms with Gasteiger partial charge in [-0.1, -0.05) is 26.7 Å². The summed E-state index contributed by atoms with van der Waals surface area (Å²) in [7, 11) is 0. The van der Waals surface area contributed by atoms with Crippen molar-refractivity contribution in [3.8, 4) is 0 Å². The van der Waals surface area contributed by atoms with Crippen LogP contribution in [-0.2, 0) is 11.2 Å². The van der Waals surface area contributed by atoms with Crippen molar-refractivity contribution in [2.45, 2.75) is 52.0 Å². The van der Waals surface area contributed by atoms with E-state index in [0.29, 0.717) is 18.7 Å². The molecule has 0 fully saturated rings. The number of aryl methyl sites for hydroxylation is 1. The molecule has 3 N–H and O–H groups in total. The van der Waals surface area contributed by atoms with Gasteiger partial charge in [-0.25, -0.2) is 9.78 Å². The number of nitrogens with one attached hydrogen (secondary N) is 2. The van der Waals surface area contributed by atoms with Crippen molar-refractivity contribution in [2.75, 3.05) is 0 Å². The molecular weight excluding hydrogens is 248 g/mol. The molecule has 0 aliphatic rings. The molecule has 0 aliphatic heterocycles. The number of aliphatic carboxylic acids is 1. The molecule has 0 bridgehead atoms. The Balaban J connectivity index is 2.62. The van der Waals surface area contributed by atoms with Gasteiger partial charge < -0.3 is 10.4 Å². The quantitative estimate of drug-likeness (QED) is 0.655. The summed E-state index contributed by atoms with van der Waals surface area (Å²) in [5.74, 6) is -0.965. The number of carbonyl (C=O) groups is 2. The zero-order valence-electron chi connectivity index (χ0n) is 11.3. The van der Waals surface area contributed by atoms with Crippen molar-refractivity contribution in [3.05, 3.63) is 11.6 Å². The maximum Gasteiger partial charge on any atom is 0.326 e. The van der Waals surface area contributed by atoms with Crippen LogP contribution < -0.4 is 5.32 Å². The average Bonchev–Trinajstić information content (AvgIpc) is 2.83. The van der Waals surface area contributed by atoms with Crippen LogP contribution in [0.4, 0.5) is 0 Å². The van der Waals surface area contributed by atoms with Crippen molar-refractivity contribution >= 4 is 11.9 Å². The topological polar surface area (TPSA) is 108 Å². The van der Waals surface area contributed by atoms with E-state index in [2.05, 4.69) is 20.5 Å². The van der Waals surface area contributed by atoms with E-state index in [1.807, 2.05) is 13.8 Å². The number of aromatic amines is 1. The zero-order chi connectivity index (χ0) is 14.3. The molecule has 7 nitrogen and oxygen atoms in total. The van der Waals surface area contributed by atoms with E-state index >= 15 is 0 Å². The number of unbranched alkanes of at least 4 members (excludes halogenated alkanes) is 1. The molecule has 7 heteroatoms. The molecule has 0 aliphatic carbocycles. The lowest BCUT2D eigenvalue weighted by molar-refractivity contribution is -0.139. The van der Waals surface area contributed by atoms with Crippen LogP contribution in [0.15, 0.2) is 0 Å². The minimum absolute atomic E-state index is 0.00815. The van der Waals surface area contributed by atoms with Crippen LogP contribution in [0.2, 0.25) is 0 Å². The first-order valence-corrected chi connectivity index (χ1v) is 6.53. The Morgan fingerprint density at radius 3 is 2.68 bits per heavy atom. The summed E-state index contributed by atoms with van der Waals surface area (Å²) < 4.78 is 0. The molecule has 0 aromatic carbocycles. The number of carboxylic acid groups (broad SMARTS) is 1. The normalized spacial score (nSPS) is 12.1. The third-order valence-electron chi connectivity index (χ3n) is 2.67. The Kier molecular flexibility index (Phi) is 5.98.